The van der Waals surface area contributed by atoms with Gasteiger partial charge >= 0.3 is 5.69 Å². The van der Waals surface area contributed by atoms with E-state index >= 15 is 0 Å². The maximum Gasteiger partial charge on any atom is 0.305 e. The molecular formula is C13H11FN2O3S. The van der Waals surface area contributed by atoms with Crippen molar-refractivity contribution >= 4 is 22.9 Å². The summed E-state index contributed by atoms with van der Waals surface area (Å²) in [7, 11) is 1.59. The van der Waals surface area contributed by atoms with Gasteiger partial charge < -0.3 is 4.90 Å². The lowest BCUT2D eigenvalue weighted by molar-refractivity contribution is -0.387. The summed E-state index contributed by atoms with van der Waals surface area (Å²) in [5.41, 5.74) is -0.600. The van der Waals surface area contributed by atoms with Gasteiger partial charge in [-0.2, -0.15) is 4.39 Å². The fourth-order valence-corrected chi connectivity index (χ4v) is 2.47. The molecule has 0 saturated carbocycles. The van der Waals surface area contributed by atoms with Gasteiger partial charge in [-0.05, 0) is 23.6 Å². The van der Waals surface area contributed by atoms with Crippen molar-refractivity contribution in [2.24, 2.45) is 0 Å². The van der Waals surface area contributed by atoms with E-state index in [0.29, 0.717) is 6.54 Å². The molecule has 7 heteroatoms. The van der Waals surface area contributed by atoms with Gasteiger partial charge in [0.25, 0.3) is 5.91 Å². The molecule has 0 N–H and O–H groups in total. The summed E-state index contributed by atoms with van der Waals surface area (Å²) in [6.45, 7) is 0.404. The van der Waals surface area contributed by atoms with Gasteiger partial charge in [-0.25, -0.2) is 0 Å². The Morgan fingerprint density at radius 3 is 2.80 bits per heavy atom. The largest absolute Gasteiger partial charge is 0.337 e. The van der Waals surface area contributed by atoms with Crippen LogP contribution in [0.1, 0.15) is 15.2 Å². The maximum atomic E-state index is 13.2. The van der Waals surface area contributed by atoms with Crippen LogP contribution in [0.25, 0.3) is 0 Å². The van der Waals surface area contributed by atoms with Crippen LogP contribution in [0.3, 0.4) is 0 Å². The first-order valence-electron chi connectivity index (χ1n) is 5.71. The number of hydrogen-bond acceptors (Lipinski definition) is 4. The van der Waals surface area contributed by atoms with Crippen molar-refractivity contribution in [1.29, 1.82) is 0 Å². The first-order chi connectivity index (χ1) is 9.49. The SMILES string of the molecule is CN(Cc1cccs1)C(=O)c1ccc(F)c([N+](=O)[O-])c1. The van der Waals surface area contributed by atoms with E-state index in [1.165, 1.54) is 22.3 Å². The molecule has 0 atom stereocenters. The van der Waals surface area contributed by atoms with Gasteiger partial charge in [0.1, 0.15) is 0 Å². The Balaban J connectivity index is 2.20. The Morgan fingerprint density at radius 1 is 1.45 bits per heavy atom. The third-order valence-electron chi connectivity index (χ3n) is 2.71. The zero-order valence-corrected chi connectivity index (χ0v) is 11.4. The van der Waals surface area contributed by atoms with Crippen LogP contribution in [-0.2, 0) is 6.54 Å². The molecule has 104 valence electrons. The molecule has 1 amide bonds. The first-order valence-corrected chi connectivity index (χ1v) is 6.59. The van der Waals surface area contributed by atoms with Crippen LogP contribution in [0, 0.1) is 15.9 Å². The molecule has 0 bridgehead atoms. The maximum absolute atomic E-state index is 13.2. The van der Waals surface area contributed by atoms with Gasteiger partial charge in [-0.15, -0.1) is 11.3 Å². The summed E-state index contributed by atoms with van der Waals surface area (Å²) in [6, 6.07) is 6.91. The fraction of sp³-hybridized carbons (Fsp3) is 0.154. The number of nitro groups is 1. The van der Waals surface area contributed by atoms with Gasteiger partial charge in [0, 0.05) is 23.6 Å². The molecule has 5 nitrogen and oxygen atoms in total. The van der Waals surface area contributed by atoms with Crippen molar-refractivity contribution in [3.8, 4) is 0 Å². The summed E-state index contributed by atoms with van der Waals surface area (Å²) in [6.07, 6.45) is 0. The average molecular weight is 294 g/mol. The molecule has 20 heavy (non-hydrogen) atoms. The minimum atomic E-state index is -0.951. The predicted molar refractivity (Wildman–Crippen MR) is 73.2 cm³/mol. The quantitative estimate of drug-likeness (QED) is 0.643. The topological polar surface area (TPSA) is 63.5 Å². The molecule has 2 rings (SSSR count). The molecule has 0 aliphatic carbocycles. The molecule has 0 aliphatic heterocycles. The number of carbonyl (C=O) groups excluding carboxylic acids is 1. The van der Waals surface area contributed by atoms with E-state index in [1.54, 1.807) is 7.05 Å². The van der Waals surface area contributed by atoms with Crippen LogP contribution in [-0.4, -0.2) is 22.8 Å². The average Bonchev–Trinajstić information content (AvgIpc) is 2.91. The Labute approximate surface area is 118 Å². The molecule has 1 aromatic heterocycles. The molecule has 0 radical (unpaired) electrons. The van der Waals surface area contributed by atoms with Crippen LogP contribution >= 0.6 is 11.3 Å². The van der Waals surface area contributed by atoms with Crippen molar-refractivity contribution in [2.75, 3.05) is 7.05 Å². The summed E-state index contributed by atoms with van der Waals surface area (Å²) < 4.78 is 13.2. The first kappa shape index (κ1) is 14.1. The third kappa shape index (κ3) is 3.00. The highest BCUT2D eigenvalue weighted by atomic mass is 32.1. The van der Waals surface area contributed by atoms with Gasteiger partial charge in [0.2, 0.25) is 5.82 Å². The molecule has 0 aliphatic rings. The van der Waals surface area contributed by atoms with Gasteiger partial charge in [0.15, 0.2) is 0 Å². The number of rotatable bonds is 4. The highest BCUT2D eigenvalue weighted by Gasteiger charge is 2.19. The lowest BCUT2D eigenvalue weighted by Gasteiger charge is -2.16. The minimum Gasteiger partial charge on any atom is -0.337 e. The number of nitro benzene ring substituents is 1. The second-order valence-corrected chi connectivity index (χ2v) is 5.20. The van der Waals surface area contributed by atoms with Crippen molar-refractivity contribution in [1.82, 2.24) is 4.90 Å². The lowest BCUT2D eigenvalue weighted by atomic mass is 10.1. The second-order valence-electron chi connectivity index (χ2n) is 4.16. The third-order valence-corrected chi connectivity index (χ3v) is 3.57. The highest BCUT2D eigenvalue weighted by molar-refractivity contribution is 7.09. The second kappa shape index (κ2) is 5.79. The van der Waals surface area contributed by atoms with Crippen LogP contribution in [0.4, 0.5) is 10.1 Å². The zero-order valence-electron chi connectivity index (χ0n) is 10.6. The number of thiophene rings is 1. The van der Waals surface area contributed by atoms with E-state index in [4.69, 9.17) is 0 Å². The van der Waals surface area contributed by atoms with Crippen molar-refractivity contribution in [3.63, 3.8) is 0 Å². The van der Waals surface area contributed by atoms with Crippen LogP contribution in [0.2, 0.25) is 0 Å². The van der Waals surface area contributed by atoms with E-state index in [0.717, 1.165) is 17.0 Å². The van der Waals surface area contributed by atoms with Crippen LogP contribution < -0.4 is 0 Å². The molecule has 1 heterocycles. The molecule has 0 spiro atoms. The Hall–Kier alpha value is -2.28. The lowest BCUT2D eigenvalue weighted by Crippen LogP contribution is -2.25. The summed E-state index contributed by atoms with van der Waals surface area (Å²) in [5.74, 6) is -1.34. The van der Waals surface area contributed by atoms with E-state index in [1.807, 2.05) is 17.5 Å². The van der Waals surface area contributed by atoms with Crippen molar-refractivity contribution in [3.05, 3.63) is 62.1 Å². The minimum absolute atomic E-state index is 0.0946. The monoisotopic (exact) mass is 294 g/mol. The molecule has 0 saturated heterocycles. The highest BCUT2D eigenvalue weighted by Crippen LogP contribution is 2.20. The number of hydrogen-bond donors (Lipinski definition) is 0. The van der Waals surface area contributed by atoms with E-state index < -0.39 is 16.4 Å². The molecule has 2 aromatic rings. The Morgan fingerprint density at radius 2 is 2.20 bits per heavy atom. The smallest absolute Gasteiger partial charge is 0.305 e. The standard InChI is InChI=1S/C13H11FN2O3S/c1-15(8-10-3-2-6-20-10)13(17)9-4-5-11(14)12(7-9)16(18)19/h2-7H,8H2,1H3. The zero-order chi connectivity index (χ0) is 14.7. The van der Waals surface area contributed by atoms with Gasteiger partial charge in [-0.3, -0.25) is 14.9 Å². The number of carbonyl (C=O) groups is 1. The number of nitrogens with zero attached hydrogens (tertiary/aromatic N) is 2. The Kier molecular flexibility index (Phi) is 4.09. The summed E-state index contributed by atoms with van der Waals surface area (Å²) >= 11 is 1.51. The van der Waals surface area contributed by atoms with Crippen LogP contribution in [0.5, 0.6) is 0 Å². The van der Waals surface area contributed by atoms with E-state index in [-0.39, 0.29) is 11.5 Å². The number of benzene rings is 1. The molecule has 0 unspecified atom stereocenters. The molecular weight excluding hydrogens is 283 g/mol. The van der Waals surface area contributed by atoms with Gasteiger partial charge in [0.05, 0.1) is 11.5 Å². The van der Waals surface area contributed by atoms with E-state index in [2.05, 4.69) is 0 Å². The van der Waals surface area contributed by atoms with Crippen molar-refractivity contribution in [2.45, 2.75) is 6.54 Å². The number of amides is 1. The van der Waals surface area contributed by atoms with E-state index in [9.17, 15) is 19.3 Å². The Bertz CT molecular complexity index is 643. The predicted octanol–water partition coefficient (Wildman–Crippen LogP) is 3.07. The number of halogens is 1. The molecule has 1 aromatic carbocycles. The fourth-order valence-electron chi connectivity index (χ4n) is 1.71. The van der Waals surface area contributed by atoms with Crippen molar-refractivity contribution < 1.29 is 14.1 Å². The summed E-state index contributed by atoms with van der Waals surface area (Å²) in [5, 5.41) is 12.6. The van der Waals surface area contributed by atoms with Crippen LogP contribution in [0.15, 0.2) is 35.7 Å². The molecule has 0 fully saturated rings. The van der Waals surface area contributed by atoms with Gasteiger partial charge in [-0.1, -0.05) is 6.07 Å². The summed E-state index contributed by atoms with van der Waals surface area (Å²) in [4.78, 5) is 24.4. The normalized spacial score (nSPS) is 10.3.